The van der Waals surface area contributed by atoms with E-state index < -0.39 is 0 Å². The first-order valence-electron chi connectivity index (χ1n) is 4.65. The van der Waals surface area contributed by atoms with Crippen molar-refractivity contribution in [1.82, 2.24) is 0 Å². The van der Waals surface area contributed by atoms with Gasteiger partial charge in [-0.1, -0.05) is 34.1 Å². The molecule has 2 rings (SSSR count). The van der Waals surface area contributed by atoms with E-state index in [1.807, 2.05) is 18.2 Å². The van der Waals surface area contributed by atoms with E-state index in [0.29, 0.717) is 0 Å². The Bertz CT molecular complexity index is 305. The highest BCUT2D eigenvalue weighted by atomic mass is 79.9. The molecule has 1 N–H and O–H groups in total. The van der Waals surface area contributed by atoms with Crippen molar-refractivity contribution in [3.8, 4) is 0 Å². The van der Waals surface area contributed by atoms with Crippen molar-refractivity contribution in [1.29, 1.82) is 0 Å². The van der Waals surface area contributed by atoms with Gasteiger partial charge in [0.25, 0.3) is 0 Å². The molecule has 0 unspecified atom stereocenters. The maximum atomic E-state index is 9.67. The molecule has 1 saturated carbocycles. The fourth-order valence-corrected chi connectivity index (χ4v) is 1.95. The van der Waals surface area contributed by atoms with E-state index in [4.69, 9.17) is 0 Å². The Labute approximate surface area is 86.9 Å². The highest BCUT2D eigenvalue weighted by Crippen LogP contribution is 2.39. The summed E-state index contributed by atoms with van der Waals surface area (Å²) in [5.41, 5.74) is 0.970. The van der Waals surface area contributed by atoms with Gasteiger partial charge in [-0.2, -0.15) is 0 Å². The Kier molecular flexibility index (Phi) is 2.43. The summed E-state index contributed by atoms with van der Waals surface area (Å²) in [7, 11) is 0. The van der Waals surface area contributed by atoms with E-state index in [2.05, 4.69) is 22.0 Å². The lowest BCUT2D eigenvalue weighted by Crippen LogP contribution is -2.07. The van der Waals surface area contributed by atoms with E-state index in [0.717, 1.165) is 30.2 Å². The molecule has 1 aromatic rings. The van der Waals surface area contributed by atoms with Crippen molar-refractivity contribution < 1.29 is 5.11 Å². The fourth-order valence-electron chi connectivity index (χ4n) is 1.46. The van der Waals surface area contributed by atoms with Crippen LogP contribution in [-0.4, -0.2) is 10.7 Å². The molecule has 1 aliphatic rings. The molecule has 0 spiro atoms. The van der Waals surface area contributed by atoms with Crippen LogP contribution in [0.4, 0.5) is 0 Å². The van der Waals surface area contributed by atoms with Crippen LogP contribution < -0.4 is 0 Å². The van der Waals surface area contributed by atoms with Crippen molar-refractivity contribution in [2.45, 2.75) is 31.3 Å². The molecule has 0 atom stereocenters. The average Bonchev–Trinajstić information content (AvgIpc) is 2.83. The van der Waals surface area contributed by atoms with E-state index in [1.165, 1.54) is 5.56 Å². The molecule has 0 heterocycles. The number of hydrogen-bond donors (Lipinski definition) is 1. The molecule has 1 nitrogen and oxygen atoms in total. The van der Waals surface area contributed by atoms with E-state index in [-0.39, 0.29) is 5.60 Å². The lowest BCUT2D eigenvalue weighted by Gasteiger charge is -2.08. The summed E-state index contributed by atoms with van der Waals surface area (Å²) in [6.07, 6.45) is 3.84. The Hall–Kier alpha value is -0.340. The van der Waals surface area contributed by atoms with Gasteiger partial charge in [0, 0.05) is 4.47 Å². The predicted molar refractivity (Wildman–Crippen MR) is 56.6 cm³/mol. The summed E-state index contributed by atoms with van der Waals surface area (Å²) in [4.78, 5) is 0. The minimum absolute atomic E-state index is 0.324. The standard InChI is InChI=1S/C11H13BrO/c12-10-4-2-1-3-9(10)5-6-11(13)7-8-11/h1-4,13H,5-8H2. The molecule has 70 valence electrons. The second-order valence-electron chi connectivity index (χ2n) is 3.82. The minimum atomic E-state index is -0.324. The number of aryl methyl sites for hydroxylation is 1. The Morgan fingerprint density at radius 2 is 2.00 bits per heavy atom. The first kappa shape index (κ1) is 9.22. The number of aliphatic hydroxyl groups is 1. The number of rotatable bonds is 3. The summed E-state index contributed by atoms with van der Waals surface area (Å²) in [6, 6.07) is 8.21. The average molecular weight is 241 g/mol. The van der Waals surface area contributed by atoms with Crippen molar-refractivity contribution in [2.24, 2.45) is 0 Å². The topological polar surface area (TPSA) is 20.2 Å². The second-order valence-corrected chi connectivity index (χ2v) is 4.67. The third kappa shape index (κ3) is 2.32. The molecule has 1 aromatic carbocycles. The zero-order valence-corrected chi connectivity index (χ0v) is 9.05. The molecule has 0 radical (unpaired) electrons. The van der Waals surface area contributed by atoms with Gasteiger partial charge in [0.2, 0.25) is 0 Å². The monoisotopic (exact) mass is 240 g/mol. The van der Waals surface area contributed by atoms with Gasteiger partial charge < -0.3 is 5.11 Å². The Morgan fingerprint density at radius 1 is 1.31 bits per heavy atom. The number of hydrogen-bond acceptors (Lipinski definition) is 1. The first-order chi connectivity index (χ1) is 6.20. The smallest absolute Gasteiger partial charge is 0.0653 e. The third-order valence-corrected chi connectivity index (χ3v) is 3.42. The molecule has 2 heteroatoms. The molecule has 0 amide bonds. The van der Waals surface area contributed by atoms with Gasteiger partial charge in [-0.3, -0.25) is 0 Å². The lowest BCUT2D eigenvalue weighted by atomic mass is 10.1. The zero-order valence-electron chi connectivity index (χ0n) is 7.46. The Morgan fingerprint density at radius 3 is 2.62 bits per heavy atom. The number of halogens is 1. The quantitative estimate of drug-likeness (QED) is 0.862. The van der Waals surface area contributed by atoms with Crippen LogP contribution in [0.25, 0.3) is 0 Å². The van der Waals surface area contributed by atoms with Crippen molar-refractivity contribution in [3.63, 3.8) is 0 Å². The van der Waals surface area contributed by atoms with Crippen LogP contribution in [0.3, 0.4) is 0 Å². The highest BCUT2D eigenvalue weighted by Gasteiger charge is 2.39. The van der Waals surface area contributed by atoms with E-state index >= 15 is 0 Å². The van der Waals surface area contributed by atoms with E-state index in [9.17, 15) is 5.11 Å². The molecular formula is C11H13BrO. The zero-order chi connectivity index (χ0) is 9.31. The molecule has 0 saturated heterocycles. The van der Waals surface area contributed by atoms with Crippen molar-refractivity contribution >= 4 is 15.9 Å². The van der Waals surface area contributed by atoms with Crippen LogP contribution in [0.15, 0.2) is 28.7 Å². The van der Waals surface area contributed by atoms with Crippen LogP contribution in [-0.2, 0) is 6.42 Å². The second kappa shape index (κ2) is 3.43. The van der Waals surface area contributed by atoms with Crippen LogP contribution >= 0.6 is 15.9 Å². The SMILES string of the molecule is OC1(CCc2ccccc2Br)CC1. The van der Waals surface area contributed by atoms with Gasteiger partial charge in [-0.25, -0.2) is 0 Å². The molecule has 1 fully saturated rings. The normalized spacial score (nSPS) is 18.6. The molecule has 13 heavy (non-hydrogen) atoms. The van der Waals surface area contributed by atoms with Crippen molar-refractivity contribution in [2.75, 3.05) is 0 Å². The van der Waals surface area contributed by atoms with Gasteiger partial charge in [0.05, 0.1) is 5.60 Å². The molecule has 0 aromatic heterocycles. The van der Waals surface area contributed by atoms with Gasteiger partial charge in [0.1, 0.15) is 0 Å². The van der Waals surface area contributed by atoms with Gasteiger partial charge in [0.15, 0.2) is 0 Å². The molecular weight excluding hydrogens is 228 g/mol. The third-order valence-electron chi connectivity index (χ3n) is 2.64. The van der Waals surface area contributed by atoms with Gasteiger partial charge >= 0.3 is 0 Å². The largest absolute Gasteiger partial charge is 0.390 e. The van der Waals surface area contributed by atoms with Crippen LogP contribution in [0.5, 0.6) is 0 Å². The summed E-state index contributed by atoms with van der Waals surface area (Å²) in [5.74, 6) is 0. The summed E-state index contributed by atoms with van der Waals surface area (Å²) in [6.45, 7) is 0. The van der Waals surface area contributed by atoms with Gasteiger partial charge in [-0.15, -0.1) is 0 Å². The molecule has 0 bridgehead atoms. The van der Waals surface area contributed by atoms with Crippen LogP contribution in [0.2, 0.25) is 0 Å². The maximum absolute atomic E-state index is 9.67. The Balaban J connectivity index is 1.97. The minimum Gasteiger partial charge on any atom is -0.390 e. The molecule has 1 aliphatic carbocycles. The van der Waals surface area contributed by atoms with Gasteiger partial charge in [-0.05, 0) is 37.3 Å². The summed E-state index contributed by atoms with van der Waals surface area (Å²) in [5, 5.41) is 9.67. The lowest BCUT2D eigenvalue weighted by molar-refractivity contribution is 0.140. The van der Waals surface area contributed by atoms with Crippen LogP contribution in [0.1, 0.15) is 24.8 Å². The van der Waals surface area contributed by atoms with Crippen LogP contribution in [0, 0.1) is 0 Å². The maximum Gasteiger partial charge on any atom is 0.0653 e. The number of benzene rings is 1. The molecule has 0 aliphatic heterocycles. The predicted octanol–water partition coefficient (Wildman–Crippen LogP) is 2.91. The summed E-state index contributed by atoms with van der Waals surface area (Å²) >= 11 is 3.50. The summed E-state index contributed by atoms with van der Waals surface area (Å²) < 4.78 is 1.15. The van der Waals surface area contributed by atoms with E-state index in [1.54, 1.807) is 0 Å². The highest BCUT2D eigenvalue weighted by molar-refractivity contribution is 9.10. The fraction of sp³-hybridized carbons (Fsp3) is 0.455. The van der Waals surface area contributed by atoms with Crippen molar-refractivity contribution in [3.05, 3.63) is 34.3 Å². The first-order valence-corrected chi connectivity index (χ1v) is 5.45.